The van der Waals surface area contributed by atoms with Crippen LogP contribution in [0, 0.1) is 0 Å². The largest absolute Gasteiger partial charge is 0.359 e. The van der Waals surface area contributed by atoms with Crippen LogP contribution in [-0.2, 0) is 10.8 Å². The molecule has 46 heavy (non-hydrogen) atoms. The van der Waals surface area contributed by atoms with Crippen LogP contribution in [0.3, 0.4) is 0 Å². The molecule has 5 aromatic rings. The Morgan fingerprint density at radius 3 is 1.65 bits per heavy atom. The first kappa shape index (κ1) is 26.9. The number of nitrogens with zero attached hydrogens (tertiary/aromatic N) is 3. The summed E-state index contributed by atoms with van der Waals surface area (Å²) >= 11 is 0. The molecule has 0 fully saturated rings. The highest BCUT2D eigenvalue weighted by Crippen LogP contribution is 2.53. The molecule has 0 saturated heterocycles. The summed E-state index contributed by atoms with van der Waals surface area (Å²) in [5.41, 5.74) is 12.0. The summed E-state index contributed by atoms with van der Waals surface area (Å²) in [7, 11) is 0. The molecule has 5 heteroatoms. The molecule has 1 unspecified atom stereocenters. The van der Waals surface area contributed by atoms with E-state index >= 15 is 0 Å². The lowest BCUT2D eigenvalue weighted by Crippen LogP contribution is -2.46. The number of pyridine rings is 1. The Balaban J connectivity index is 1.16. The van der Waals surface area contributed by atoms with Crippen LogP contribution in [-0.4, -0.2) is 16.9 Å². The monoisotopic (exact) mass is 598 g/mol. The van der Waals surface area contributed by atoms with E-state index in [1.165, 1.54) is 22.3 Å². The van der Waals surface area contributed by atoms with Crippen molar-refractivity contribution >= 4 is 40.0 Å². The van der Waals surface area contributed by atoms with E-state index in [-0.39, 0.29) is 22.8 Å². The van der Waals surface area contributed by atoms with Crippen molar-refractivity contribution in [2.45, 2.75) is 44.7 Å². The van der Waals surface area contributed by atoms with Crippen molar-refractivity contribution < 1.29 is 4.79 Å². The molecule has 4 aliphatic rings. The average molecular weight is 599 g/mol. The number of para-hydroxylation sites is 4. The fourth-order valence-corrected chi connectivity index (χ4v) is 8.09. The standard InChI is InChI=1S/C41H34N4O/c1-40(2)27-13-5-9-17-31(27)44(32-18-10-6-14-28(32)40)35-23-21-25-37(42-35)38-26(39(25)46)22-24-36(43-38)45-33-19-11-7-15-29(33)41(3,4)30-16-8-12-20-34(30)45/h5-24,35,42H,1-4H3. The summed E-state index contributed by atoms with van der Waals surface area (Å²) in [4.78, 5) is 23.6. The highest BCUT2D eigenvalue weighted by Gasteiger charge is 2.42. The fourth-order valence-electron chi connectivity index (χ4n) is 8.09. The average Bonchev–Trinajstić information content (AvgIpc) is 3.35. The van der Waals surface area contributed by atoms with Crippen LogP contribution >= 0.6 is 0 Å². The summed E-state index contributed by atoms with van der Waals surface area (Å²) in [5.74, 6) is 0.798. The molecule has 3 aliphatic heterocycles. The molecule has 0 spiro atoms. The van der Waals surface area contributed by atoms with Gasteiger partial charge in [-0.2, -0.15) is 0 Å². The zero-order chi connectivity index (χ0) is 31.4. The van der Waals surface area contributed by atoms with E-state index in [0.717, 1.165) is 34.3 Å². The molecule has 1 aliphatic carbocycles. The number of hydrogen-bond donors (Lipinski definition) is 1. The number of carbonyl (C=O) groups excluding carboxylic acids is 1. The Kier molecular flexibility index (Phi) is 5.45. The zero-order valence-electron chi connectivity index (χ0n) is 26.4. The van der Waals surface area contributed by atoms with Gasteiger partial charge in [0.05, 0.1) is 22.6 Å². The van der Waals surface area contributed by atoms with Crippen LogP contribution in [0.25, 0.3) is 5.70 Å². The van der Waals surface area contributed by atoms with Gasteiger partial charge in [0.1, 0.15) is 17.7 Å². The van der Waals surface area contributed by atoms with Crippen molar-refractivity contribution in [1.29, 1.82) is 0 Å². The number of benzene rings is 4. The van der Waals surface area contributed by atoms with Crippen molar-refractivity contribution in [2.24, 2.45) is 0 Å². The Morgan fingerprint density at radius 2 is 1.11 bits per heavy atom. The molecule has 4 aromatic carbocycles. The number of allylic oxidation sites excluding steroid dienone is 2. The van der Waals surface area contributed by atoms with Gasteiger partial charge in [0.15, 0.2) is 5.78 Å². The van der Waals surface area contributed by atoms with Crippen LogP contribution in [0.15, 0.2) is 127 Å². The highest BCUT2D eigenvalue weighted by atomic mass is 16.1. The number of rotatable bonds is 2. The number of nitrogens with one attached hydrogen (secondary N) is 1. The number of anilines is 5. The van der Waals surface area contributed by atoms with Crippen LogP contribution < -0.4 is 15.1 Å². The van der Waals surface area contributed by atoms with Gasteiger partial charge in [-0.05, 0) is 70.8 Å². The first-order chi connectivity index (χ1) is 22.3. The lowest BCUT2D eigenvalue weighted by molar-refractivity contribution is 0.104. The van der Waals surface area contributed by atoms with E-state index in [1.807, 2.05) is 18.2 Å². The molecule has 4 heterocycles. The number of hydrogen-bond acceptors (Lipinski definition) is 5. The molecule has 224 valence electrons. The van der Waals surface area contributed by atoms with Gasteiger partial charge in [0, 0.05) is 27.8 Å². The second kappa shape index (κ2) is 9.30. The molecule has 5 nitrogen and oxygen atoms in total. The molecular formula is C41H34N4O. The molecule has 0 bridgehead atoms. The third-order valence-corrected chi connectivity index (χ3v) is 10.4. The summed E-state index contributed by atoms with van der Waals surface area (Å²) in [5, 5.41) is 3.78. The maximum Gasteiger partial charge on any atom is 0.197 e. The van der Waals surface area contributed by atoms with Crippen molar-refractivity contribution in [2.75, 3.05) is 9.80 Å². The minimum Gasteiger partial charge on any atom is -0.359 e. The maximum absolute atomic E-state index is 13.7. The number of Topliss-reactive ketones (excluding diaryl/α,β-unsaturated/α-hetero) is 1. The van der Waals surface area contributed by atoms with Gasteiger partial charge < -0.3 is 10.2 Å². The number of aromatic nitrogens is 1. The Hall–Kier alpha value is -5.42. The van der Waals surface area contributed by atoms with Crippen LogP contribution in [0.5, 0.6) is 0 Å². The molecule has 0 amide bonds. The second-order valence-electron chi connectivity index (χ2n) is 13.7. The first-order valence-corrected chi connectivity index (χ1v) is 16.0. The smallest absolute Gasteiger partial charge is 0.197 e. The van der Waals surface area contributed by atoms with E-state index in [1.54, 1.807) is 0 Å². The van der Waals surface area contributed by atoms with Crippen molar-refractivity contribution in [1.82, 2.24) is 10.3 Å². The summed E-state index contributed by atoms with van der Waals surface area (Å²) < 4.78 is 0. The van der Waals surface area contributed by atoms with Crippen LogP contribution in [0.2, 0.25) is 0 Å². The highest BCUT2D eigenvalue weighted by molar-refractivity contribution is 6.22. The summed E-state index contributed by atoms with van der Waals surface area (Å²) in [6, 6.07) is 38.4. The number of dihydropyridines is 1. The molecule has 1 atom stereocenters. The minimum absolute atomic E-state index is 0.00686. The van der Waals surface area contributed by atoms with E-state index < -0.39 is 0 Å². The van der Waals surface area contributed by atoms with Crippen molar-refractivity contribution in [3.8, 4) is 0 Å². The second-order valence-corrected chi connectivity index (χ2v) is 13.7. The van der Waals surface area contributed by atoms with E-state index in [2.05, 4.69) is 146 Å². The molecule has 0 saturated carbocycles. The predicted molar refractivity (Wildman–Crippen MR) is 186 cm³/mol. The Bertz CT molecular complexity index is 2090. The van der Waals surface area contributed by atoms with Gasteiger partial charge in [-0.25, -0.2) is 4.98 Å². The number of carbonyl (C=O) groups is 1. The zero-order valence-corrected chi connectivity index (χ0v) is 26.4. The molecule has 0 radical (unpaired) electrons. The molecular weight excluding hydrogens is 564 g/mol. The van der Waals surface area contributed by atoms with Gasteiger partial charge in [0.25, 0.3) is 0 Å². The first-order valence-electron chi connectivity index (χ1n) is 16.0. The number of fused-ring (bicyclic) bond motifs is 6. The van der Waals surface area contributed by atoms with Crippen molar-refractivity contribution in [3.63, 3.8) is 0 Å². The maximum atomic E-state index is 13.7. The molecule has 1 aromatic heterocycles. The lowest BCUT2D eigenvalue weighted by atomic mass is 9.73. The minimum atomic E-state index is -0.210. The third-order valence-electron chi connectivity index (χ3n) is 10.4. The van der Waals surface area contributed by atoms with E-state index in [9.17, 15) is 4.79 Å². The van der Waals surface area contributed by atoms with Gasteiger partial charge in [-0.1, -0.05) is 100 Å². The lowest BCUT2D eigenvalue weighted by Gasteiger charge is -2.45. The van der Waals surface area contributed by atoms with Gasteiger partial charge in [-0.3, -0.25) is 9.69 Å². The third kappa shape index (κ3) is 3.51. The van der Waals surface area contributed by atoms with E-state index in [4.69, 9.17) is 4.98 Å². The SMILES string of the molecule is CC1(C)c2ccccc2N(c2ccc3c(n2)C2=C(C=CC(N4c5ccccc5C(C)(C)c5ccccc54)N2)C3=O)c2ccccc21. The molecule has 9 rings (SSSR count). The van der Waals surface area contributed by atoms with Gasteiger partial charge in [-0.15, -0.1) is 0 Å². The fraction of sp³-hybridized carbons (Fsp3) is 0.171. The van der Waals surface area contributed by atoms with Gasteiger partial charge >= 0.3 is 0 Å². The normalized spacial score (nSPS) is 19.4. The van der Waals surface area contributed by atoms with Crippen LogP contribution in [0.4, 0.5) is 28.6 Å². The Morgan fingerprint density at radius 1 is 0.630 bits per heavy atom. The summed E-state index contributed by atoms with van der Waals surface area (Å²) in [6.45, 7) is 9.15. The van der Waals surface area contributed by atoms with Crippen LogP contribution in [0.1, 0.15) is 66.0 Å². The quantitative estimate of drug-likeness (QED) is 0.220. The van der Waals surface area contributed by atoms with E-state index in [0.29, 0.717) is 16.8 Å². The molecule has 1 N–H and O–H groups in total. The van der Waals surface area contributed by atoms with Crippen molar-refractivity contribution in [3.05, 3.63) is 160 Å². The summed E-state index contributed by atoms with van der Waals surface area (Å²) in [6.07, 6.45) is 3.88. The number of ketones is 1. The van der Waals surface area contributed by atoms with Gasteiger partial charge in [0.2, 0.25) is 0 Å². The predicted octanol–water partition coefficient (Wildman–Crippen LogP) is 9.06. The topological polar surface area (TPSA) is 48.5 Å². The Labute approximate surface area is 269 Å².